The molecule has 0 N–H and O–H groups in total. The van der Waals surface area contributed by atoms with Gasteiger partial charge in [-0.15, -0.1) is 0 Å². The second-order valence-corrected chi connectivity index (χ2v) is 5.75. The van der Waals surface area contributed by atoms with Crippen molar-refractivity contribution in [3.05, 3.63) is 25.5 Å². The highest BCUT2D eigenvalue weighted by Crippen LogP contribution is 2.16. The summed E-state index contributed by atoms with van der Waals surface area (Å²) in [6, 6.07) is 0. The standard InChI is InChI=1S/C12H18Br2N2O/c1-2-3-4-5-6-7-8-16-12(17)11(14)10(13)9-15-16/h9H,2-8H2,1H3. The zero-order chi connectivity index (χ0) is 12.7. The first kappa shape index (κ1) is 14.9. The molecule has 1 aromatic rings. The molecule has 1 rings (SSSR count). The zero-order valence-corrected chi connectivity index (χ0v) is 13.3. The van der Waals surface area contributed by atoms with Crippen molar-refractivity contribution in [3.8, 4) is 0 Å². The Hall–Kier alpha value is -0.160. The molecular formula is C12H18Br2N2O. The Labute approximate surface area is 119 Å². The lowest BCUT2D eigenvalue weighted by atomic mass is 10.1. The molecule has 0 fully saturated rings. The van der Waals surface area contributed by atoms with Crippen LogP contribution in [-0.4, -0.2) is 9.78 Å². The molecule has 0 aromatic carbocycles. The van der Waals surface area contributed by atoms with Crippen LogP contribution in [0.5, 0.6) is 0 Å². The van der Waals surface area contributed by atoms with E-state index in [0.717, 1.165) is 6.42 Å². The molecule has 17 heavy (non-hydrogen) atoms. The molecule has 0 saturated heterocycles. The maximum atomic E-state index is 11.8. The Bertz CT molecular complexity index is 404. The fourth-order valence-electron chi connectivity index (χ4n) is 1.65. The molecule has 0 atom stereocenters. The molecule has 0 saturated carbocycles. The van der Waals surface area contributed by atoms with E-state index in [2.05, 4.69) is 43.9 Å². The van der Waals surface area contributed by atoms with Crippen LogP contribution in [-0.2, 0) is 6.54 Å². The van der Waals surface area contributed by atoms with E-state index in [0.29, 0.717) is 15.5 Å². The summed E-state index contributed by atoms with van der Waals surface area (Å²) in [4.78, 5) is 11.8. The molecule has 0 bridgehead atoms. The average molecular weight is 366 g/mol. The van der Waals surface area contributed by atoms with E-state index in [9.17, 15) is 4.79 Å². The van der Waals surface area contributed by atoms with Gasteiger partial charge in [-0.1, -0.05) is 39.0 Å². The first-order valence-corrected chi connectivity index (χ1v) is 7.66. The van der Waals surface area contributed by atoms with E-state index in [4.69, 9.17) is 0 Å². The Balaban J connectivity index is 2.37. The molecule has 0 radical (unpaired) electrons. The second kappa shape index (κ2) is 8.03. The van der Waals surface area contributed by atoms with Gasteiger partial charge in [0.05, 0.1) is 10.7 Å². The summed E-state index contributed by atoms with van der Waals surface area (Å²) in [5, 5.41) is 4.10. The van der Waals surface area contributed by atoms with Crippen molar-refractivity contribution in [2.24, 2.45) is 0 Å². The Morgan fingerprint density at radius 1 is 1.18 bits per heavy atom. The number of hydrogen-bond acceptors (Lipinski definition) is 2. The summed E-state index contributed by atoms with van der Waals surface area (Å²) in [5.74, 6) is 0. The summed E-state index contributed by atoms with van der Waals surface area (Å²) in [6.45, 7) is 2.92. The normalized spacial score (nSPS) is 10.8. The predicted octanol–water partition coefficient (Wildman–Crippen LogP) is 4.13. The smallest absolute Gasteiger partial charge is 0.266 e. The van der Waals surface area contributed by atoms with Crippen molar-refractivity contribution < 1.29 is 0 Å². The van der Waals surface area contributed by atoms with Gasteiger partial charge in [0.25, 0.3) is 5.56 Å². The fraction of sp³-hybridized carbons (Fsp3) is 0.667. The zero-order valence-electron chi connectivity index (χ0n) is 10.1. The highest BCUT2D eigenvalue weighted by molar-refractivity contribution is 9.13. The molecule has 3 nitrogen and oxygen atoms in total. The highest BCUT2D eigenvalue weighted by Gasteiger charge is 2.05. The van der Waals surface area contributed by atoms with Crippen LogP contribution in [0.3, 0.4) is 0 Å². The van der Waals surface area contributed by atoms with Crippen LogP contribution >= 0.6 is 31.9 Å². The molecule has 0 aliphatic rings. The number of nitrogens with zero attached hydrogens (tertiary/aromatic N) is 2. The summed E-state index contributed by atoms with van der Waals surface area (Å²) in [5.41, 5.74) is -0.0621. The molecule has 0 spiro atoms. The molecule has 0 amide bonds. The molecule has 5 heteroatoms. The quantitative estimate of drug-likeness (QED) is 0.681. The topological polar surface area (TPSA) is 34.9 Å². The fourth-order valence-corrected chi connectivity index (χ4v) is 2.21. The van der Waals surface area contributed by atoms with Crippen molar-refractivity contribution in [3.63, 3.8) is 0 Å². The maximum absolute atomic E-state index is 11.8. The molecule has 0 aliphatic heterocycles. The predicted molar refractivity (Wildman–Crippen MR) is 77.3 cm³/mol. The maximum Gasteiger partial charge on any atom is 0.282 e. The number of unbranched alkanes of at least 4 members (excludes halogenated alkanes) is 5. The van der Waals surface area contributed by atoms with Gasteiger partial charge in [0.2, 0.25) is 0 Å². The van der Waals surface area contributed by atoms with Crippen LogP contribution in [0.1, 0.15) is 45.4 Å². The number of aromatic nitrogens is 2. The minimum absolute atomic E-state index is 0.0621. The number of aryl methyl sites for hydroxylation is 1. The van der Waals surface area contributed by atoms with Crippen LogP contribution in [0.2, 0.25) is 0 Å². The van der Waals surface area contributed by atoms with Gasteiger partial charge < -0.3 is 0 Å². The van der Waals surface area contributed by atoms with Gasteiger partial charge in [-0.2, -0.15) is 5.10 Å². The molecule has 96 valence electrons. The van der Waals surface area contributed by atoms with Gasteiger partial charge in [0.1, 0.15) is 4.47 Å². The summed E-state index contributed by atoms with van der Waals surface area (Å²) >= 11 is 6.52. The van der Waals surface area contributed by atoms with Crippen LogP contribution in [0.4, 0.5) is 0 Å². The van der Waals surface area contributed by atoms with E-state index >= 15 is 0 Å². The molecule has 1 aromatic heterocycles. The lowest BCUT2D eigenvalue weighted by molar-refractivity contribution is 0.507. The van der Waals surface area contributed by atoms with Gasteiger partial charge >= 0.3 is 0 Å². The molecule has 0 aliphatic carbocycles. The van der Waals surface area contributed by atoms with Gasteiger partial charge in [-0.3, -0.25) is 4.79 Å². The summed E-state index contributed by atoms with van der Waals surface area (Å²) in [7, 11) is 0. The Morgan fingerprint density at radius 2 is 1.82 bits per heavy atom. The van der Waals surface area contributed by atoms with Gasteiger partial charge in [0.15, 0.2) is 0 Å². The van der Waals surface area contributed by atoms with E-state index < -0.39 is 0 Å². The minimum atomic E-state index is -0.0621. The lowest BCUT2D eigenvalue weighted by Gasteiger charge is -2.05. The third-order valence-electron chi connectivity index (χ3n) is 2.67. The third-order valence-corrected chi connectivity index (χ3v) is 4.57. The van der Waals surface area contributed by atoms with Crippen molar-refractivity contribution in [1.29, 1.82) is 0 Å². The molecule has 1 heterocycles. The van der Waals surface area contributed by atoms with E-state index in [1.54, 1.807) is 6.20 Å². The van der Waals surface area contributed by atoms with Crippen molar-refractivity contribution in [2.75, 3.05) is 0 Å². The van der Waals surface area contributed by atoms with Gasteiger partial charge in [-0.25, -0.2) is 4.68 Å². The molecular weight excluding hydrogens is 348 g/mol. The van der Waals surface area contributed by atoms with E-state index in [1.165, 1.54) is 36.8 Å². The minimum Gasteiger partial charge on any atom is -0.266 e. The second-order valence-electron chi connectivity index (χ2n) is 4.10. The average Bonchev–Trinajstić information content (AvgIpc) is 2.33. The summed E-state index contributed by atoms with van der Waals surface area (Å²) in [6.07, 6.45) is 8.96. The number of halogens is 2. The lowest BCUT2D eigenvalue weighted by Crippen LogP contribution is -2.23. The van der Waals surface area contributed by atoms with Crippen LogP contribution in [0.25, 0.3) is 0 Å². The Morgan fingerprint density at radius 3 is 2.53 bits per heavy atom. The first-order valence-electron chi connectivity index (χ1n) is 6.08. The third kappa shape index (κ3) is 4.92. The largest absolute Gasteiger partial charge is 0.282 e. The molecule has 0 unspecified atom stereocenters. The summed E-state index contributed by atoms with van der Waals surface area (Å²) < 4.78 is 2.79. The number of rotatable bonds is 7. The monoisotopic (exact) mass is 364 g/mol. The highest BCUT2D eigenvalue weighted by atomic mass is 79.9. The number of hydrogen-bond donors (Lipinski definition) is 0. The van der Waals surface area contributed by atoms with Gasteiger partial charge in [0, 0.05) is 6.54 Å². The van der Waals surface area contributed by atoms with Crippen molar-refractivity contribution >= 4 is 31.9 Å². The van der Waals surface area contributed by atoms with Crippen molar-refractivity contribution in [1.82, 2.24) is 9.78 Å². The SMILES string of the molecule is CCCCCCCCn1ncc(Br)c(Br)c1=O. The van der Waals surface area contributed by atoms with Crippen LogP contribution in [0.15, 0.2) is 19.9 Å². The van der Waals surface area contributed by atoms with Crippen LogP contribution in [0, 0.1) is 0 Å². The van der Waals surface area contributed by atoms with Crippen LogP contribution < -0.4 is 5.56 Å². The van der Waals surface area contributed by atoms with E-state index in [1.807, 2.05) is 0 Å². The van der Waals surface area contributed by atoms with Gasteiger partial charge in [-0.05, 0) is 38.3 Å². The van der Waals surface area contributed by atoms with E-state index in [-0.39, 0.29) is 5.56 Å². The van der Waals surface area contributed by atoms with Crippen molar-refractivity contribution in [2.45, 2.75) is 52.0 Å². The first-order chi connectivity index (χ1) is 8.16. The Kier molecular flexibility index (Phi) is 7.04.